The van der Waals surface area contributed by atoms with Crippen LogP contribution in [0.3, 0.4) is 0 Å². The number of hydrogen-bond acceptors (Lipinski definition) is 3. The second-order valence-corrected chi connectivity index (χ2v) is 9.93. The van der Waals surface area contributed by atoms with E-state index >= 15 is 0 Å². The van der Waals surface area contributed by atoms with Crippen LogP contribution in [0.5, 0.6) is 0 Å². The number of amides is 1. The molecule has 0 radical (unpaired) electrons. The quantitative estimate of drug-likeness (QED) is 0.755. The van der Waals surface area contributed by atoms with Crippen molar-refractivity contribution in [3.63, 3.8) is 0 Å². The minimum absolute atomic E-state index is 0.0114. The van der Waals surface area contributed by atoms with Gasteiger partial charge in [0.15, 0.2) is 11.6 Å². The summed E-state index contributed by atoms with van der Waals surface area (Å²) in [5, 5.41) is 3.17. The maximum Gasteiger partial charge on any atom is 0.243 e. The number of nitrogens with one attached hydrogen (secondary N) is 1. The number of carbonyl (C=O) groups excluding carboxylic acids is 1. The van der Waals surface area contributed by atoms with Gasteiger partial charge in [0.25, 0.3) is 0 Å². The molecule has 160 valence electrons. The van der Waals surface area contributed by atoms with Crippen LogP contribution in [-0.2, 0) is 14.8 Å². The summed E-state index contributed by atoms with van der Waals surface area (Å²) in [5.41, 5.74) is 1.09. The number of piperidine rings is 1. The first kappa shape index (κ1) is 20.9. The number of benzene rings is 2. The van der Waals surface area contributed by atoms with Crippen LogP contribution in [0.4, 0.5) is 8.78 Å². The van der Waals surface area contributed by atoms with Gasteiger partial charge in [-0.3, -0.25) is 4.79 Å². The highest BCUT2D eigenvalue weighted by atomic mass is 32.2. The van der Waals surface area contributed by atoms with Gasteiger partial charge in [-0.25, -0.2) is 17.2 Å². The molecular weight excluding hydrogens is 410 g/mol. The van der Waals surface area contributed by atoms with Crippen molar-refractivity contribution in [2.45, 2.75) is 36.6 Å². The van der Waals surface area contributed by atoms with E-state index in [9.17, 15) is 22.0 Å². The number of nitrogens with zero attached hydrogens (tertiary/aromatic N) is 1. The molecule has 1 aliphatic heterocycles. The molecule has 1 saturated carbocycles. The molecular formula is C22H24F2N2O3S. The number of hydrogen-bond donors (Lipinski definition) is 1. The molecule has 8 heteroatoms. The van der Waals surface area contributed by atoms with E-state index in [4.69, 9.17) is 0 Å². The molecule has 1 N–H and O–H groups in total. The highest BCUT2D eigenvalue weighted by molar-refractivity contribution is 7.89. The second kappa shape index (κ2) is 8.43. The third-order valence-corrected chi connectivity index (χ3v) is 7.80. The van der Waals surface area contributed by atoms with E-state index in [0.717, 1.165) is 30.5 Å². The van der Waals surface area contributed by atoms with E-state index in [0.29, 0.717) is 24.8 Å². The normalized spacial score (nSPS) is 19.4. The molecule has 0 spiro atoms. The van der Waals surface area contributed by atoms with Gasteiger partial charge in [0.2, 0.25) is 15.9 Å². The Bertz CT molecular complexity index is 1020. The lowest BCUT2D eigenvalue weighted by Gasteiger charge is -2.31. The van der Waals surface area contributed by atoms with Gasteiger partial charge in [-0.05, 0) is 55.4 Å². The van der Waals surface area contributed by atoms with Crippen molar-refractivity contribution in [2.24, 2.45) is 11.8 Å². The first-order valence-corrected chi connectivity index (χ1v) is 11.6. The minimum atomic E-state index is -3.92. The Labute approximate surface area is 175 Å². The monoisotopic (exact) mass is 434 g/mol. The molecule has 2 aromatic rings. The Kier molecular flexibility index (Phi) is 5.88. The molecule has 4 rings (SSSR count). The van der Waals surface area contributed by atoms with Gasteiger partial charge >= 0.3 is 0 Å². The van der Waals surface area contributed by atoms with Crippen molar-refractivity contribution in [3.05, 3.63) is 65.7 Å². The summed E-state index contributed by atoms with van der Waals surface area (Å²) in [6, 6.07) is 12.4. The molecule has 1 amide bonds. The fourth-order valence-corrected chi connectivity index (χ4v) is 5.46. The van der Waals surface area contributed by atoms with Gasteiger partial charge in [-0.1, -0.05) is 30.3 Å². The molecule has 0 aromatic heterocycles. The van der Waals surface area contributed by atoms with Crippen LogP contribution in [0.1, 0.15) is 37.3 Å². The SMILES string of the molecule is O=C(N[C@H](c1ccccc1)C1CC1)C1CCN(S(=O)(=O)c2ccc(F)c(F)c2)CC1. The zero-order valence-corrected chi connectivity index (χ0v) is 17.2. The summed E-state index contributed by atoms with van der Waals surface area (Å²) in [4.78, 5) is 12.6. The molecule has 2 aromatic carbocycles. The van der Waals surface area contributed by atoms with Gasteiger partial charge < -0.3 is 5.32 Å². The Hall–Kier alpha value is -2.32. The highest BCUT2D eigenvalue weighted by Gasteiger charge is 2.37. The van der Waals surface area contributed by atoms with Crippen molar-refractivity contribution in [1.82, 2.24) is 9.62 Å². The van der Waals surface area contributed by atoms with Crippen molar-refractivity contribution in [3.8, 4) is 0 Å². The first-order chi connectivity index (χ1) is 14.4. The van der Waals surface area contributed by atoms with Crippen molar-refractivity contribution in [2.75, 3.05) is 13.1 Å². The Morgan fingerprint density at radius 3 is 2.23 bits per heavy atom. The molecule has 30 heavy (non-hydrogen) atoms. The summed E-state index contributed by atoms with van der Waals surface area (Å²) < 4.78 is 53.3. The van der Waals surface area contributed by atoms with Crippen LogP contribution in [0.25, 0.3) is 0 Å². The average molecular weight is 435 g/mol. The van der Waals surface area contributed by atoms with E-state index in [1.54, 1.807) is 0 Å². The third kappa shape index (κ3) is 4.39. The second-order valence-electron chi connectivity index (χ2n) is 7.99. The standard InChI is InChI=1S/C22H24F2N2O3S/c23-19-9-8-18(14-20(19)24)30(28,29)26-12-10-17(11-13-26)22(27)25-21(16-6-7-16)15-4-2-1-3-5-15/h1-5,8-9,14,16-17,21H,6-7,10-13H2,(H,25,27)/t21-/m1/s1. The lowest BCUT2D eigenvalue weighted by atomic mass is 9.95. The molecule has 1 saturated heterocycles. The van der Waals surface area contributed by atoms with E-state index in [-0.39, 0.29) is 35.9 Å². The van der Waals surface area contributed by atoms with E-state index < -0.39 is 21.7 Å². The van der Waals surface area contributed by atoms with E-state index in [1.807, 2.05) is 30.3 Å². The van der Waals surface area contributed by atoms with Crippen LogP contribution in [0.2, 0.25) is 0 Å². The predicted octanol–water partition coefficient (Wildman–Crippen LogP) is 3.63. The average Bonchev–Trinajstić information content (AvgIpc) is 3.59. The summed E-state index contributed by atoms with van der Waals surface area (Å²) in [5.74, 6) is -2.16. The smallest absolute Gasteiger partial charge is 0.243 e. The lowest BCUT2D eigenvalue weighted by Crippen LogP contribution is -2.44. The van der Waals surface area contributed by atoms with Gasteiger partial charge in [0.05, 0.1) is 10.9 Å². The van der Waals surface area contributed by atoms with Gasteiger partial charge in [0, 0.05) is 19.0 Å². The summed E-state index contributed by atoms with van der Waals surface area (Å²) in [6.45, 7) is 0.331. The van der Waals surface area contributed by atoms with Crippen LogP contribution in [-0.4, -0.2) is 31.7 Å². The van der Waals surface area contributed by atoms with Crippen molar-refractivity contribution in [1.29, 1.82) is 0 Å². The first-order valence-electron chi connectivity index (χ1n) is 10.2. The largest absolute Gasteiger partial charge is 0.349 e. The van der Waals surface area contributed by atoms with Crippen molar-refractivity contribution < 1.29 is 22.0 Å². The Morgan fingerprint density at radius 1 is 0.967 bits per heavy atom. The molecule has 1 atom stereocenters. The summed E-state index contributed by atoms with van der Waals surface area (Å²) in [6.07, 6.45) is 2.96. The van der Waals surface area contributed by atoms with Crippen LogP contribution < -0.4 is 5.32 Å². The molecule has 5 nitrogen and oxygen atoms in total. The lowest BCUT2D eigenvalue weighted by molar-refractivity contribution is -0.127. The van der Waals surface area contributed by atoms with Gasteiger partial charge in [-0.15, -0.1) is 0 Å². The molecule has 1 aliphatic carbocycles. The fraction of sp³-hybridized carbons (Fsp3) is 0.409. The van der Waals surface area contributed by atoms with Crippen molar-refractivity contribution >= 4 is 15.9 Å². The zero-order chi connectivity index (χ0) is 21.3. The fourth-order valence-electron chi connectivity index (χ4n) is 3.98. The molecule has 2 aliphatic rings. The zero-order valence-electron chi connectivity index (χ0n) is 16.4. The number of rotatable bonds is 6. The van der Waals surface area contributed by atoms with Crippen LogP contribution >= 0.6 is 0 Å². The summed E-state index contributed by atoms with van der Waals surface area (Å²) in [7, 11) is -3.92. The maximum atomic E-state index is 13.5. The summed E-state index contributed by atoms with van der Waals surface area (Å²) >= 11 is 0. The third-order valence-electron chi connectivity index (χ3n) is 5.90. The van der Waals surface area contributed by atoms with Gasteiger partial charge in [-0.2, -0.15) is 4.31 Å². The number of sulfonamides is 1. The van der Waals surface area contributed by atoms with Gasteiger partial charge in [0.1, 0.15) is 0 Å². The molecule has 0 bridgehead atoms. The maximum absolute atomic E-state index is 13.5. The highest BCUT2D eigenvalue weighted by Crippen LogP contribution is 2.41. The van der Waals surface area contributed by atoms with E-state index in [1.165, 1.54) is 4.31 Å². The Morgan fingerprint density at radius 2 is 1.63 bits per heavy atom. The molecule has 2 fully saturated rings. The molecule has 0 unspecified atom stereocenters. The van der Waals surface area contributed by atoms with Crippen LogP contribution in [0.15, 0.2) is 53.4 Å². The number of halogens is 2. The minimum Gasteiger partial charge on any atom is -0.349 e. The van der Waals surface area contributed by atoms with Crippen LogP contribution in [0, 0.1) is 23.5 Å². The van der Waals surface area contributed by atoms with E-state index in [2.05, 4.69) is 5.32 Å². The Balaban J connectivity index is 1.39. The molecule has 1 heterocycles. The predicted molar refractivity (Wildman–Crippen MR) is 108 cm³/mol. The topological polar surface area (TPSA) is 66.5 Å². The number of carbonyl (C=O) groups is 1.